The van der Waals surface area contributed by atoms with Crippen molar-refractivity contribution < 1.29 is 75.8 Å². The molecule has 3 saturated heterocycles. The summed E-state index contributed by atoms with van der Waals surface area (Å²) in [6.07, 6.45) is -7.50. The maximum atomic E-state index is 14.4. The van der Waals surface area contributed by atoms with Crippen molar-refractivity contribution in [3.8, 4) is 5.75 Å². The molecule has 5 aromatic rings. The molecule has 0 spiro atoms. The summed E-state index contributed by atoms with van der Waals surface area (Å²) >= 11 is 0. The highest BCUT2D eigenvalue weighted by atomic mass is 16.8. The smallest absolute Gasteiger partial charge is 0.220 e. The molecule has 0 unspecified atom stereocenters. The molecule has 3 heterocycles. The standard InChI is InChI=1S/C70H88N2O16/c1-8-37-72(50(6)73)59-63(88-70-66(78-40-11-4)65(82-46-55-32-34-56(74-7)35-33-55)61(77-39-10-3)57(86-70)47-75-38-9-2)62(58(85-68(59)79-41-36-71)48-76-42-51-24-16-12-17-25-51)87-69-67(83-45-54-30-22-15-23-31-54)64(81-44-53-28-20-14-21-29-53)60(49(5)84-69)80-43-52-26-18-13-19-27-52/h8-35,49,57-70H,1-4,36-48,71H2,5-7H3/t49-,57+,58+,59+,60+,61-,62+,63+,64+,65-,66+,67-,68+,69-,70-/m0/s1. The Morgan fingerprint density at radius 1 is 0.477 bits per heavy atom. The van der Waals surface area contributed by atoms with Crippen LogP contribution in [0.5, 0.6) is 5.75 Å². The first kappa shape index (κ1) is 67.7. The van der Waals surface area contributed by atoms with Crippen LogP contribution in [0.3, 0.4) is 0 Å². The van der Waals surface area contributed by atoms with Crippen LogP contribution in [-0.4, -0.2) is 163 Å². The summed E-state index contributed by atoms with van der Waals surface area (Å²) in [4.78, 5) is 16.0. The molecule has 474 valence electrons. The largest absolute Gasteiger partial charge is 0.497 e. The van der Waals surface area contributed by atoms with E-state index in [1.807, 2.05) is 153 Å². The van der Waals surface area contributed by atoms with Crippen LogP contribution >= 0.6 is 0 Å². The van der Waals surface area contributed by atoms with E-state index in [9.17, 15) is 4.79 Å². The number of hydrogen-bond acceptors (Lipinski definition) is 17. The quantitative estimate of drug-likeness (QED) is 0.0293. The lowest BCUT2D eigenvalue weighted by atomic mass is 9.93. The molecule has 1 amide bonds. The first-order valence-corrected chi connectivity index (χ1v) is 30.1. The molecule has 18 nitrogen and oxygen atoms in total. The lowest BCUT2D eigenvalue weighted by Crippen LogP contribution is -2.71. The van der Waals surface area contributed by atoms with Crippen molar-refractivity contribution >= 4 is 5.91 Å². The molecule has 15 atom stereocenters. The van der Waals surface area contributed by atoms with Gasteiger partial charge in [0.25, 0.3) is 0 Å². The summed E-state index contributed by atoms with van der Waals surface area (Å²) in [5, 5.41) is 0. The summed E-state index contributed by atoms with van der Waals surface area (Å²) in [6, 6.07) is 45.9. The van der Waals surface area contributed by atoms with Crippen LogP contribution in [-0.2, 0) is 104 Å². The van der Waals surface area contributed by atoms with Gasteiger partial charge in [0, 0.05) is 20.0 Å². The van der Waals surface area contributed by atoms with E-state index in [0.717, 1.165) is 27.8 Å². The molecule has 3 aliphatic heterocycles. The van der Waals surface area contributed by atoms with Crippen molar-refractivity contribution in [2.24, 2.45) is 5.73 Å². The first-order valence-electron chi connectivity index (χ1n) is 30.1. The van der Waals surface area contributed by atoms with E-state index < -0.39 is 92.1 Å². The molecular formula is C70H88N2O16. The Balaban J connectivity index is 1.28. The number of hydrogen-bond donors (Lipinski definition) is 1. The van der Waals surface area contributed by atoms with Crippen LogP contribution in [0.4, 0.5) is 0 Å². The van der Waals surface area contributed by atoms with Gasteiger partial charge >= 0.3 is 0 Å². The molecular weight excluding hydrogens is 1120 g/mol. The third kappa shape index (κ3) is 19.4. The van der Waals surface area contributed by atoms with Gasteiger partial charge in [-0.1, -0.05) is 158 Å². The van der Waals surface area contributed by atoms with E-state index in [4.69, 9.17) is 76.8 Å². The Kier molecular flexibility index (Phi) is 28.0. The fraction of sp³-hybridized carbons (Fsp3) is 0.443. The zero-order valence-electron chi connectivity index (χ0n) is 50.9. The van der Waals surface area contributed by atoms with Crippen molar-refractivity contribution in [1.29, 1.82) is 0 Å². The minimum Gasteiger partial charge on any atom is -0.497 e. The van der Waals surface area contributed by atoms with E-state index in [1.165, 1.54) is 6.92 Å². The van der Waals surface area contributed by atoms with Crippen LogP contribution in [0.25, 0.3) is 0 Å². The molecule has 3 fully saturated rings. The maximum Gasteiger partial charge on any atom is 0.220 e. The van der Waals surface area contributed by atoms with Crippen molar-refractivity contribution in [3.05, 3.63) is 224 Å². The average Bonchev–Trinajstić information content (AvgIpc) is 1.21. The normalized spacial score (nSPS) is 27.0. The lowest BCUT2D eigenvalue weighted by molar-refractivity contribution is -0.387. The molecule has 0 radical (unpaired) electrons. The fourth-order valence-corrected chi connectivity index (χ4v) is 11.0. The summed E-state index contributed by atoms with van der Waals surface area (Å²) in [7, 11) is 1.61. The Morgan fingerprint density at radius 3 is 1.44 bits per heavy atom. The minimum atomic E-state index is -1.33. The average molecular weight is 1210 g/mol. The third-order valence-corrected chi connectivity index (χ3v) is 15.2. The molecule has 0 bridgehead atoms. The van der Waals surface area contributed by atoms with Gasteiger partial charge in [-0.2, -0.15) is 0 Å². The SMILES string of the molecule is C=CCOC[C@H]1O[C@@H](O[C@H]2[C@H](O[C@@H]3O[C@@H](C)[C@@H](OCc4ccccc4)[C@@H](OCc4ccccc4)[C@@H]3OCc3ccccc3)[C@@H](COCc3ccccc3)O[C@@H](OCCN)[C@@H]2N(CC=C)C(C)=O)[C@H](OCC=C)[C@@H](OCc2ccc(OC)cc2)[C@H]1OCC=C. The van der Waals surface area contributed by atoms with Crippen molar-refractivity contribution in [2.45, 2.75) is 139 Å². The number of ether oxygens (including phenoxy) is 15. The molecule has 3 aliphatic rings. The number of nitrogens with two attached hydrogens (primary N) is 1. The van der Waals surface area contributed by atoms with Gasteiger partial charge in [-0.15, -0.1) is 26.3 Å². The van der Waals surface area contributed by atoms with E-state index in [-0.39, 0.29) is 91.7 Å². The molecule has 0 saturated carbocycles. The highest BCUT2D eigenvalue weighted by molar-refractivity contribution is 5.74. The highest BCUT2D eigenvalue weighted by Gasteiger charge is 2.58. The van der Waals surface area contributed by atoms with Crippen LogP contribution in [0.1, 0.15) is 41.7 Å². The van der Waals surface area contributed by atoms with Crippen LogP contribution < -0.4 is 10.5 Å². The number of methoxy groups -OCH3 is 1. The predicted octanol–water partition coefficient (Wildman–Crippen LogP) is 9.24. The topological polar surface area (TPSA) is 185 Å². The molecule has 2 N–H and O–H groups in total. The van der Waals surface area contributed by atoms with Gasteiger partial charge in [0.05, 0.1) is 85.9 Å². The van der Waals surface area contributed by atoms with Crippen molar-refractivity contribution in [1.82, 2.24) is 4.90 Å². The number of rotatable bonds is 37. The minimum absolute atomic E-state index is 0.0156. The Morgan fingerprint density at radius 2 is 0.920 bits per heavy atom. The molecule has 0 aromatic heterocycles. The van der Waals surface area contributed by atoms with E-state index in [0.29, 0.717) is 5.75 Å². The van der Waals surface area contributed by atoms with Crippen molar-refractivity contribution in [2.75, 3.05) is 59.8 Å². The number of nitrogens with zero attached hydrogens (tertiary/aromatic N) is 1. The first-order chi connectivity index (χ1) is 43.2. The maximum absolute atomic E-state index is 14.4. The molecule has 5 aromatic carbocycles. The number of carbonyl (C=O) groups excluding carboxylic acids is 1. The van der Waals surface area contributed by atoms with Gasteiger partial charge in [0.15, 0.2) is 18.9 Å². The summed E-state index contributed by atoms with van der Waals surface area (Å²) in [6.45, 7) is 20.7. The summed E-state index contributed by atoms with van der Waals surface area (Å²) in [5.41, 5.74) is 10.8. The number of carbonyl (C=O) groups is 1. The Bertz CT molecular complexity index is 2800. The second kappa shape index (κ2) is 36.4. The van der Waals surface area contributed by atoms with Crippen LogP contribution in [0.15, 0.2) is 196 Å². The number of benzene rings is 5. The molecule has 18 heteroatoms. The van der Waals surface area contributed by atoms with E-state index in [1.54, 1.807) is 36.3 Å². The predicted molar refractivity (Wildman–Crippen MR) is 331 cm³/mol. The van der Waals surface area contributed by atoms with Crippen LogP contribution in [0, 0.1) is 0 Å². The molecule has 8 rings (SSSR count). The second-order valence-electron chi connectivity index (χ2n) is 21.5. The highest BCUT2D eigenvalue weighted by Crippen LogP contribution is 2.40. The Hall–Kier alpha value is -6.27. The third-order valence-electron chi connectivity index (χ3n) is 15.2. The van der Waals surface area contributed by atoms with Gasteiger partial charge in [-0.05, 0) is 46.9 Å². The van der Waals surface area contributed by atoms with Crippen LogP contribution in [0.2, 0.25) is 0 Å². The zero-order chi connectivity index (χ0) is 61.9. The summed E-state index contributed by atoms with van der Waals surface area (Å²) < 4.78 is 103. The Labute approximate surface area is 518 Å². The van der Waals surface area contributed by atoms with Crippen molar-refractivity contribution in [3.63, 3.8) is 0 Å². The van der Waals surface area contributed by atoms with Gasteiger partial charge in [-0.3, -0.25) is 4.79 Å². The van der Waals surface area contributed by atoms with Gasteiger partial charge in [0.2, 0.25) is 5.91 Å². The molecule has 0 aliphatic carbocycles. The number of amides is 1. The monoisotopic (exact) mass is 1210 g/mol. The molecule has 88 heavy (non-hydrogen) atoms. The van der Waals surface area contributed by atoms with E-state index >= 15 is 0 Å². The zero-order valence-corrected chi connectivity index (χ0v) is 50.9. The van der Waals surface area contributed by atoms with Gasteiger partial charge in [-0.25, -0.2) is 0 Å². The lowest BCUT2D eigenvalue weighted by Gasteiger charge is -2.53. The van der Waals surface area contributed by atoms with Gasteiger partial charge in [0.1, 0.15) is 72.8 Å². The van der Waals surface area contributed by atoms with Gasteiger partial charge < -0.3 is 81.7 Å². The summed E-state index contributed by atoms with van der Waals surface area (Å²) in [5.74, 6) is 0.339. The fourth-order valence-electron chi connectivity index (χ4n) is 11.0. The van der Waals surface area contributed by atoms with E-state index in [2.05, 4.69) is 26.3 Å². The second-order valence-corrected chi connectivity index (χ2v) is 21.5.